The number of benzene rings is 1. The van der Waals surface area contributed by atoms with Gasteiger partial charge in [0.1, 0.15) is 11.9 Å². The van der Waals surface area contributed by atoms with E-state index in [2.05, 4.69) is 19.9 Å². The molecule has 1 aromatic rings. The molecule has 2 unspecified atom stereocenters. The lowest BCUT2D eigenvalue weighted by molar-refractivity contribution is -0.145. The van der Waals surface area contributed by atoms with Gasteiger partial charge in [0.05, 0.1) is 12.0 Å². The summed E-state index contributed by atoms with van der Waals surface area (Å²) in [5, 5.41) is 19.9. The van der Waals surface area contributed by atoms with Crippen LogP contribution in [0.5, 0.6) is 5.75 Å². The summed E-state index contributed by atoms with van der Waals surface area (Å²) >= 11 is 0. The molecule has 6 atom stereocenters. The van der Waals surface area contributed by atoms with Crippen molar-refractivity contribution < 1.29 is 19.7 Å². The van der Waals surface area contributed by atoms with E-state index in [1.54, 1.807) is 24.3 Å². The highest BCUT2D eigenvalue weighted by Gasteiger charge is 2.51. The van der Waals surface area contributed by atoms with Crippen LogP contribution in [0.15, 0.2) is 35.9 Å². The molecule has 2 fully saturated rings. The molecular weight excluding hydrogens is 366 g/mol. The minimum Gasteiger partial charge on any atom is -0.508 e. The maximum Gasteiger partial charge on any atom is 0.311 e. The van der Waals surface area contributed by atoms with Crippen LogP contribution in [0, 0.1) is 23.2 Å². The molecule has 5 nitrogen and oxygen atoms in total. The molecule has 1 heterocycles. The zero-order valence-corrected chi connectivity index (χ0v) is 17.7. The van der Waals surface area contributed by atoms with Crippen LogP contribution in [0.4, 0.5) is 0 Å². The van der Waals surface area contributed by atoms with Gasteiger partial charge in [0.2, 0.25) is 0 Å². The van der Waals surface area contributed by atoms with Gasteiger partial charge in [0.15, 0.2) is 0 Å². The highest BCUT2D eigenvalue weighted by Crippen LogP contribution is 2.53. The van der Waals surface area contributed by atoms with Gasteiger partial charge in [-0.25, -0.2) is 0 Å². The number of esters is 1. The van der Waals surface area contributed by atoms with Crippen LogP contribution >= 0.6 is 0 Å². The number of carbonyl (C=O) groups excluding carboxylic acids is 1. The number of likely N-dealkylation sites (N-methyl/N-ethyl adjacent to an activating group) is 1. The predicted octanol–water partition coefficient (Wildman–Crippen LogP) is 3.67. The maximum atomic E-state index is 12.7. The average Bonchev–Trinajstić information content (AvgIpc) is 2.94. The fraction of sp³-hybridized carbons (Fsp3) is 0.625. The first-order valence-electron chi connectivity index (χ1n) is 10.8. The number of allylic oxidation sites excluding steroid dienone is 1. The van der Waals surface area contributed by atoms with Crippen molar-refractivity contribution in [3.8, 4) is 5.75 Å². The second kappa shape index (κ2) is 7.77. The van der Waals surface area contributed by atoms with Crippen molar-refractivity contribution >= 4 is 5.97 Å². The number of carbonyl (C=O) groups is 1. The number of rotatable bonds is 5. The van der Waals surface area contributed by atoms with Gasteiger partial charge in [-0.2, -0.15) is 0 Å². The Labute approximate surface area is 173 Å². The molecule has 2 N–H and O–H groups in total. The van der Waals surface area contributed by atoms with Crippen LogP contribution in [0.2, 0.25) is 0 Å². The van der Waals surface area contributed by atoms with Gasteiger partial charge < -0.3 is 19.8 Å². The molecule has 2 aliphatic carbocycles. The molecule has 158 valence electrons. The first kappa shape index (κ1) is 20.4. The molecule has 29 heavy (non-hydrogen) atoms. The van der Waals surface area contributed by atoms with Crippen LogP contribution in [-0.4, -0.2) is 47.3 Å². The van der Waals surface area contributed by atoms with E-state index in [9.17, 15) is 15.0 Å². The lowest BCUT2D eigenvalue weighted by Gasteiger charge is -2.46. The topological polar surface area (TPSA) is 70.0 Å². The normalized spacial score (nSPS) is 34.9. The van der Waals surface area contributed by atoms with Crippen LogP contribution < -0.4 is 0 Å². The number of aliphatic hydroxyl groups excluding tert-OH is 1. The number of hydrogen-bond donors (Lipinski definition) is 2. The van der Waals surface area contributed by atoms with Crippen molar-refractivity contribution in [2.75, 3.05) is 20.1 Å². The molecule has 1 saturated heterocycles. The Bertz CT molecular complexity index is 789. The van der Waals surface area contributed by atoms with Crippen LogP contribution in [0.25, 0.3) is 0 Å². The van der Waals surface area contributed by atoms with E-state index in [0.717, 1.165) is 12.0 Å². The van der Waals surface area contributed by atoms with E-state index < -0.39 is 6.10 Å². The molecular formula is C24H33NO4. The summed E-state index contributed by atoms with van der Waals surface area (Å²) in [7, 11) is 1.94. The second-order valence-electron chi connectivity index (χ2n) is 9.67. The zero-order valence-electron chi connectivity index (χ0n) is 17.7. The number of hydrogen-bond acceptors (Lipinski definition) is 5. The Hall–Kier alpha value is -1.85. The van der Waals surface area contributed by atoms with Gasteiger partial charge in [-0.05, 0) is 55.3 Å². The van der Waals surface area contributed by atoms with E-state index in [-0.39, 0.29) is 35.1 Å². The lowest BCUT2D eigenvalue weighted by atomic mass is 9.59. The van der Waals surface area contributed by atoms with Gasteiger partial charge in [-0.15, -0.1) is 0 Å². The van der Waals surface area contributed by atoms with Gasteiger partial charge >= 0.3 is 5.97 Å². The molecule has 0 amide bonds. The Morgan fingerprint density at radius 2 is 2.03 bits per heavy atom. The lowest BCUT2D eigenvalue weighted by Crippen LogP contribution is -2.40. The third-order valence-corrected chi connectivity index (χ3v) is 7.35. The third kappa shape index (κ3) is 3.95. The summed E-state index contributed by atoms with van der Waals surface area (Å²) in [4.78, 5) is 14.7. The van der Waals surface area contributed by atoms with Crippen LogP contribution in [0.3, 0.4) is 0 Å². The zero-order chi connectivity index (χ0) is 20.8. The molecule has 0 bridgehead atoms. The summed E-state index contributed by atoms with van der Waals surface area (Å²) in [5.41, 5.74) is 2.46. The highest BCUT2D eigenvalue weighted by molar-refractivity contribution is 5.76. The van der Waals surface area contributed by atoms with E-state index in [4.69, 9.17) is 4.74 Å². The fourth-order valence-corrected chi connectivity index (χ4v) is 5.77. The summed E-state index contributed by atoms with van der Waals surface area (Å²) < 4.78 is 5.83. The van der Waals surface area contributed by atoms with Gasteiger partial charge in [-0.3, -0.25) is 4.79 Å². The number of ether oxygens (including phenoxy) is 1. The Balaban J connectivity index is 1.45. The Morgan fingerprint density at radius 1 is 1.31 bits per heavy atom. The van der Waals surface area contributed by atoms with E-state index in [0.29, 0.717) is 19.0 Å². The van der Waals surface area contributed by atoms with Gasteiger partial charge in [0, 0.05) is 19.0 Å². The highest BCUT2D eigenvalue weighted by atomic mass is 16.6. The maximum absolute atomic E-state index is 12.7. The Morgan fingerprint density at radius 3 is 2.76 bits per heavy atom. The first-order chi connectivity index (χ1) is 13.8. The number of phenols is 1. The van der Waals surface area contributed by atoms with Gasteiger partial charge in [0.25, 0.3) is 0 Å². The molecule has 1 saturated carbocycles. The smallest absolute Gasteiger partial charge is 0.311 e. The van der Waals surface area contributed by atoms with Crippen molar-refractivity contribution in [2.24, 2.45) is 23.2 Å². The van der Waals surface area contributed by atoms with E-state index in [1.807, 2.05) is 11.9 Å². The van der Waals surface area contributed by atoms with Crippen molar-refractivity contribution in [2.45, 2.75) is 51.7 Å². The monoisotopic (exact) mass is 399 g/mol. The third-order valence-electron chi connectivity index (χ3n) is 7.35. The van der Waals surface area contributed by atoms with Crippen LogP contribution in [0.1, 0.15) is 51.2 Å². The number of nitrogens with zero attached hydrogens (tertiary/aromatic N) is 1. The molecule has 1 aliphatic heterocycles. The van der Waals surface area contributed by atoms with E-state index in [1.165, 1.54) is 24.8 Å². The molecule has 5 heteroatoms. The predicted molar refractivity (Wildman–Crippen MR) is 111 cm³/mol. The molecule has 0 aromatic heterocycles. The summed E-state index contributed by atoms with van der Waals surface area (Å²) in [6.45, 7) is 5.66. The SMILES string of the molecule is C[C@H]1CCC[C@]2(C)C[C@H]3OC(=O)C(CN(C)CC(O)c4ccc(O)cc4)[C@H]3C=C12. The van der Waals surface area contributed by atoms with Crippen molar-refractivity contribution in [1.29, 1.82) is 0 Å². The number of fused-ring (bicyclic) bond motifs is 2. The number of aromatic hydroxyl groups is 1. The van der Waals surface area contributed by atoms with Crippen molar-refractivity contribution in [3.05, 3.63) is 41.5 Å². The quantitative estimate of drug-likeness (QED) is 0.584. The molecule has 3 aliphatic rings. The van der Waals surface area contributed by atoms with Gasteiger partial charge in [-0.1, -0.05) is 44.1 Å². The van der Waals surface area contributed by atoms with E-state index >= 15 is 0 Å². The molecule has 4 rings (SSSR count). The van der Waals surface area contributed by atoms with Crippen molar-refractivity contribution in [3.63, 3.8) is 0 Å². The standard InChI is InChI=1S/C24H33NO4/c1-15-5-4-10-24(2)12-22-18(11-20(15)24)19(23(28)29-22)13-25(3)14-21(27)16-6-8-17(26)9-7-16/h6-9,11,15,18-19,21-22,26-27H,4-5,10,12-14H2,1-3H3/t15-,18+,19?,21?,22+,24+/m0/s1. The fourth-order valence-electron chi connectivity index (χ4n) is 5.77. The number of aliphatic hydroxyl groups is 1. The summed E-state index contributed by atoms with van der Waals surface area (Å²) in [6, 6.07) is 6.61. The summed E-state index contributed by atoms with van der Waals surface area (Å²) in [6.07, 6.45) is 6.31. The molecule has 0 radical (unpaired) electrons. The minimum atomic E-state index is -0.666. The summed E-state index contributed by atoms with van der Waals surface area (Å²) in [5.74, 6) is 0.628. The minimum absolute atomic E-state index is 0.0121. The Kier molecular flexibility index (Phi) is 5.47. The first-order valence-corrected chi connectivity index (χ1v) is 10.8. The molecule has 1 aromatic carbocycles. The second-order valence-corrected chi connectivity index (χ2v) is 9.67. The van der Waals surface area contributed by atoms with Crippen LogP contribution in [-0.2, 0) is 9.53 Å². The average molecular weight is 400 g/mol. The number of phenolic OH excluding ortho intramolecular Hbond substituents is 1. The molecule has 0 spiro atoms. The largest absolute Gasteiger partial charge is 0.508 e. The van der Waals surface area contributed by atoms with Crippen molar-refractivity contribution in [1.82, 2.24) is 4.90 Å².